The second-order valence-corrected chi connectivity index (χ2v) is 29.1. The van der Waals surface area contributed by atoms with Crippen LogP contribution in [0.1, 0.15) is 418 Å². The van der Waals surface area contributed by atoms with Crippen molar-refractivity contribution >= 4 is 19.8 Å². The molecule has 94 heavy (non-hydrogen) atoms. The summed E-state index contributed by atoms with van der Waals surface area (Å²) < 4.78 is 33.3. The molecule has 0 bridgehead atoms. The fourth-order valence-corrected chi connectivity index (χ4v) is 13.1. The van der Waals surface area contributed by atoms with Crippen molar-refractivity contribution in [3.63, 3.8) is 0 Å². The molecule has 0 saturated carbocycles. The van der Waals surface area contributed by atoms with E-state index in [1.54, 1.807) is 0 Å². The number of carbonyl (C=O) groups excluding carboxylic acids is 2. The lowest BCUT2D eigenvalue weighted by Gasteiger charge is -2.19. The van der Waals surface area contributed by atoms with Crippen molar-refractivity contribution in [1.29, 1.82) is 0 Å². The molecule has 0 saturated heterocycles. The molecule has 0 aromatic heterocycles. The standard InChI is InChI=1S/C84H156NO8P/c1-3-5-7-9-11-13-15-17-19-21-23-25-27-29-31-33-35-37-39-41-43-45-47-49-51-53-55-57-59-61-63-65-67-69-71-73-75-77-84(87)93-82(81-92-94(88,89)91-79-78-85)80-90-83(86)76-74-72-70-68-66-64-62-60-58-56-54-52-50-48-46-44-42-40-38-36-34-32-30-28-26-24-22-20-18-16-14-12-10-8-6-4-2/h5,7,11,13,17,19,23,25,29,31,35,37,82H,3-4,6,8-10,12,14-16,18,20-22,24,26-28,30,32-34,36,38-81,85H2,1-2H3,(H,88,89)/b7-5-,13-11-,19-17-,25-23-,31-29-,37-35-. The summed E-state index contributed by atoms with van der Waals surface area (Å²) in [7, 11) is -4.40. The zero-order valence-electron chi connectivity index (χ0n) is 62.2. The van der Waals surface area contributed by atoms with E-state index in [1.165, 1.54) is 315 Å². The zero-order chi connectivity index (χ0) is 67.9. The first kappa shape index (κ1) is 91.4. The number of nitrogens with two attached hydrogens (primary N) is 1. The molecule has 0 heterocycles. The summed E-state index contributed by atoms with van der Waals surface area (Å²) in [6.45, 7) is 3.71. The quantitative estimate of drug-likeness (QED) is 0.0264. The van der Waals surface area contributed by atoms with E-state index in [0.717, 1.165) is 70.6 Å². The Morgan fingerprint density at radius 3 is 0.872 bits per heavy atom. The first-order valence-electron chi connectivity index (χ1n) is 40.9. The van der Waals surface area contributed by atoms with Gasteiger partial charge in [-0.25, -0.2) is 4.57 Å². The maximum Gasteiger partial charge on any atom is 0.472 e. The molecule has 0 spiro atoms. The van der Waals surface area contributed by atoms with Gasteiger partial charge in [-0.2, -0.15) is 0 Å². The molecule has 10 heteroatoms. The van der Waals surface area contributed by atoms with E-state index < -0.39 is 26.5 Å². The molecule has 0 aliphatic heterocycles. The van der Waals surface area contributed by atoms with Gasteiger partial charge >= 0.3 is 19.8 Å². The van der Waals surface area contributed by atoms with Crippen LogP contribution in [0.4, 0.5) is 0 Å². The third kappa shape index (κ3) is 78.4. The van der Waals surface area contributed by atoms with Gasteiger partial charge in [0.2, 0.25) is 0 Å². The molecule has 0 fully saturated rings. The van der Waals surface area contributed by atoms with Gasteiger partial charge in [0, 0.05) is 19.4 Å². The highest BCUT2D eigenvalue weighted by atomic mass is 31.2. The van der Waals surface area contributed by atoms with E-state index in [-0.39, 0.29) is 38.6 Å². The Morgan fingerprint density at radius 2 is 0.585 bits per heavy atom. The van der Waals surface area contributed by atoms with Crippen molar-refractivity contribution < 1.29 is 37.6 Å². The van der Waals surface area contributed by atoms with Gasteiger partial charge in [0.1, 0.15) is 6.61 Å². The van der Waals surface area contributed by atoms with Gasteiger partial charge in [-0.15, -0.1) is 0 Å². The van der Waals surface area contributed by atoms with Crippen molar-refractivity contribution in [3.8, 4) is 0 Å². The molecular formula is C84H156NO8P. The van der Waals surface area contributed by atoms with Gasteiger partial charge in [0.25, 0.3) is 0 Å². The second kappa shape index (κ2) is 79.4. The molecule has 2 unspecified atom stereocenters. The predicted molar refractivity (Wildman–Crippen MR) is 409 cm³/mol. The van der Waals surface area contributed by atoms with Gasteiger partial charge in [-0.1, -0.05) is 414 Å². The van der Waals surface area contributed by atoms with E-state index in [4.69, 9.17) is 24.3 Å². The third-order valence-corrected chi connectivity index (χ3v) is 19.3. The summed E-state index contributed by atoms with van der Waals surface area (Å²) in [5.41, 5.74) is 5.42. The number of allylic oxidation sites excluding steroid dienone is 12. The molecule has 9 nitrogen and oxygen atoms in total. The maximum absolute atomic E-state index is 12.8. The summed E-state index contributed by atoms with van der Waals surface area (Å²) in [5.74, 6) is -0.805. The minimum absolute atomic E-state index is 0.0546. The van der Waals surface area contributed by atoms with Crippen molar-refractivity contribution in [1.82, 2.24) is 0 Å². The van der Waals surface area contributed by atoms with Crippen LogP contribution in [0.3, 0.4) is 0 Å². The minimum atomic E-state index is -4.40. The first-order chi connectivity index (χ1) is 46.3. The average Bonchev–Trinajstić information content (AvgIpc) is 3.18. The van der Waals surface area contributed by atoms with Crippen LogP contribution < -0.4 is 5.73 Å². The summed E-state index contributed by atoms with van der Waals surface area (Å²) in [6, 6.07) is 0. The highest BCUT2D eigenvalue weighted by Gasteiger charge is 2.26. The van der Waals surface area contributed by atoms with Crippen LogP contribution in [0, 0.1) is 0 Å². The molecule has 550 valence electrons. The average molecular weight is 1340 g/mol. The summed E-state index contributed by atoms with van der Waals surface area (Å²) >= 11 is 0. The summed E-state index contributed by atoms with van der Waals surface area (Å²) in [5, 5.41) is 0. The van der Waals surface area contributed by atoms with Gasteiger partial charge in [-0.3, -0.25) is 18.6 Å². The number of hydrogen-bond acceptors (Lipinski definition) is 8. The fourth-order valence-electron chi connectivity index (χ4n) is 12.4. The number of hydrogen-bond donors (Lipinski definition) is 2. The van der Waals surface area contributed by atoms with Crippen LogP contribution in [0.5, 0.6) is 0 Å². The Labute approximate surface area is 583 Å². The molecule has 0 amide bonds. The van der Waals surface area contributed by atoms with Crippen molar-refractivity contribution in [3.05, 3.63) is 72.9 Å². The lowest BCUT2D eigenvalue weighted by Crippen LogP contribution is -2.29. The van der Waals surface area contributed by atoms with E-state index in [9.17, 15) is 19.0 Å². The van der Waals surface area contributed by atoms with Crippen molar-refractivity contribution in [2.24, 2.45) is 5.73 Å². The molecule has 0 radical (unpaired) electrons. The molecule has 0 aromatic rings. The maximum atomic E-state index is 12.8. The Balaban J connectivity index is 3.76. The number of ether oxygens (including phenoxy) is 2. The van der Waals surface area contributed by atoms with Gasteiger partial charge in [0.15, 0.2) is 6.10 Å². The van der Waals surface area contributed by atoms with E-state index >= 15 is 0 Å². The van der Waals surface area contributed by atoms with Crippen LogP contribution in [-0.4, -0.2) is 49.3 Å². The topological polar surface area (TPSA) is 134 Å². The second-order valence-electron chi connectivity index (χ2n) is 27.6. The predicted octanol–water partition coefficient (Wildman–Crippen LogP) is 27.5. The normalized spacial score (nSPS) is 13.2. The fraction of sp³-hybridized carbons (Fsp3) is 0.833. The van der Waals surface area contributed by atoms with E-state index in [0.29, 0.717) is 6.42 Å². The summed E-state index contributed by atoms with van der Waals surface area (Å²) in [6.07, 6.45) is 106. The largest absolute Gasteiger partial charge is 0.472 e. The van der Waals surface area contributed by atoms with Crippen LogP contribution in [0.25, 0.3) is 0 Å². The van der Waals surface area contributed by atoms with E-state index in [1.807, 2.05) is 0 Å². The van der Waals surface area contributed by atoms with Crippen LogP contribution >= 0.6 is 7.82 Å². The monoisotopic (exact) mass is 1340 g/mol. The SMILES string of the molecule is CC/C=C\C/C=C\C/C=C\C/C=C\C/C=C\C/C=C\CCCCCCCCCCCCCCCCCCCCC(=O)OC(COC(=O)CCCCCCCCCCCCCCCCCCCCCCCCCCCCCCCCCCCCCC)COP(=O)(O)OCCN. The molecule has 0 aromatic carbocycles. The molecule has 0 rings (SSSR count). The van der Waals surface area contributed by atoms with Crippen molar-refractivity contribution in [2.45, 2.75) is 424 Å². The van der Waals surface area contributed by atoms with Gasteiger partial charge in [-0.05, 0) is 64.2 Å². The van der Waals surface area contributed by atoms with Crippen LogP contribution in [0.15, 0.2) is 72.9 Å². The number of unbranched alkanes of at least 4 members (excludes halogenated alkanes) is 53. The highest BCUT2D eigenvalue weighted by Crippen LogP contribution is 2.43. The van der Waals surface area contributed by atoms with Crippen LogP contribution in [0.2, 0.25) is 0 Å². The molecule has 0 aliphatic rings. The molecule has 2 atom stereocenters. The number of esters is 2. The van der Waals surface area contributed by atoms with E-state index in [2.05, 4.69) is 86.8 Å². The Bertz CT molecular complexity index is 1780. The highest BCUT2D eigenvalue weighted by molar-refractivity contribution is 7.47. The molecular weight excluding hydrogens is 1180 g/mol. The Kier molecular flexibility index (Phi) is 77.3. The minimum Gasteiger partial charge on any atom is -0.462 e. The summed E-state index contributed by atoms with van der Waals surface area (Å²) in [4.78, 5) is 35.5. The zero-order valence-corrected chi connectivity index (χ0v) is 63.1. The molecule has 3 N–H and O–H groups in total. The number of phosphoric acid groups is 1. The third-order valence-electron chi connectivity index (χ3n) is 18.4. The first-order valence-corrected chi connectivity index (χ1v) is 42.4. The van der Waals surface area contributed by atoms with Crippen molar-refractivity contribution in [2.75, 3.05) is 26.4 Å². The lowest BCUT2D eigenvalue weighted by molar-refractivity contribution is -0.161. The van der Waals surface area contributed by atoms with Crippen LogP contribution in [-0.2, 0) is 32.7 Å². The van der Waals surface area contributed by atoms with Gasteiger partial charge < -0.3 is 20.1 Å². The molecule has 0 aliphatic carbocycles. The lowest BCUT2D eigenvalue weighted by atomic mass is 10.0. The number of phosphoric ester groups is 1. The number of rotatable bonds is 78. The Morgan fingerprint density at radius 1 is 0.330 bits per heavy atom. The smallest absolute Gasteiger partial charge is 0.462 e. The number of carbonyl (C=O) groups is 2. The Hall–Kier alpha value is -2.55. The van der Waals surface area contributed by atoms with Gasteiger partial charge in [0.05, 0.1) is 13.2 Å².